The lowest BCUT2D eigenvalue weighted by Crippen LogP contribution is -2.35. The van der Waals surface area contributed by atoms with Gasteiger partial charge in [-0.3, -0.25) is 4.55 Å². The van der Waals surface area contributed by atoms with Gasteiger partial charge in [-0.05, 0) is 12.8 Å². The van der Waals surface area contributed by atoms with Gasteiger partial charge in [0, 0.05) is 19.3 Å². The topological polar surface area (TPSA) is 153 Å². The second-order valence-electron chi connectivity index (χ2n) is 6.74. The molecule has 0 saturated carbocycles. The molecule has 3 aliphatic heterocycles. The van der Waals surface area contributed by atoms with Crippen molar-refractivity contribution >= 4 is 16.4 Å². The zero-order valence-electron chi connectivity index (χ0n) is 14.5. The number of amides is 2. The summed E-state index contributed by atoms with van der Waals surface area (Å²) >= 11 is 0. The maximum Gasteiger partial charge on any atom is 0.418 e. The second kappa shape index (κ2) is 6.23. The first-order chi connectivity index (χ1) is 13.4. The monoisotopic (exact) mass is 412 g/mol. The quantitative estimate of drug-likeness (QED) is 0.686. The summed E-state index contributed by atoms with van der Waals surface area (Å²) in [6.07, 6.45) is 2.75. The van der Waals surface area contributed by atoms with Crippen LogP contribution < -0.4 is 0 Å². The summed E-state index contributed by atoms with van der Waals surface area (Å²) in [7, 11) is -4.79. The van der Waals surface area contributed by atoms with Crippen LogP contribution in [-0.2, 0) is 32.6 Å². The molecule has 5 rings (SSSR count). The number of nitrogens with zero attached hydrogens (tertiary/aromatic N) is 6. The molecule has 2 fully saturated rings. The highest BCUT2D eigenvalue weighted by Crippen LogP contribution is 2.38. The third-order valence-electron chi connectivity index (χ3n) is 5.01. The van der Waals surface area contributed by atoms with E-state index in [4.69, 9.17) is 13.7 Å². The fourth-order valence-electron chi connectivity index (χ4n) is 3.75. The van der Waals surface area contributed by atoms with Crippen molar-refractivity contribution in [3.8, 4) is 11.6 Å². The van der Waals surface area contributed by atoms with Crippen molar-refractivity contribution in [2.75, 3.05) is 13.2 Å². The molecule has 0 aliphatic carbocycles. The number of piperidine rings is 1. The third kappa shape index (κ3) is 2.94. The van der Waals surface area contributed by atoms with E-state index in [1.54, 1.807) is 0 Å². The SMILES string of the molecule is O=C1N2C[C@@H](CC[C@@H]2c2nnc(-c3cn4c(n3)COCC4)o2)N1OS(=O)(=O)O. The molecule has 2 saturated heterocycles. The van der Waals surface area contributed by atoms with Gasteiger partial charge in [-0.1, -0.05) is 0 Å². The molecule has 0 spiro atoms. The maximum atomic E-state index is 12.5. The van der Waals surface area contributed by atoms with Crippen molar-refractivity contribution < 1.29 is 31.2 Å². The zero-order valence-corrected chi connectivity index (χ0v) is 15.3. The molecular formula is C14H16N6O7S. The van der Waals surface area contributed by atoms with E-state index < -0.39 is 28.5 Å². The van der Waals surface area contributed by atoms with Gasteiger partial charge in [0.2, 0.25) is 5.89 Å². The van der Waals surface area contributed by atoms with Crippen LogP contribution in [0.5, 0.6) is 0 Å². The Balaban J connectivity index is 1.38. The molecule has 2 amide bonds. The van der Waals surface area contributed by atoms with Crippen LogP contribution in [0.2, 0.25) is 0 Å². The molecule has 2 aromatic rings. The number of ether oxygens (including phenoxy) is 1. The van der Waals surface area contributed by atoms with E-state index in [1.807, 2.05) is 10.8 Å². The Bertz CT molecular complexity index is 1010. The number of hydroxylamine groups is 2. The summed E-state index contributed by atoms with van der Waals surface area (Å²) in [4.78, 5) is 18.3. The van der Waals surface area contributed by atoms with E-state index in [1.165, 1.54) is 4.90 Å². The van der Waals surface area contributed by atoms with Crippen molar-refractivity contribution in [2.24, 2.45) is 0 Å². The first-order valence-electron chi connectivity index (χ1n) is 8.63. The molecule has 2 atom stereocenters. The molecule has 5 heterocycles. The van der Waals surface area contributed by atoms with Crippen LogP contribution in [0, 0.1) is 0 Å². The summed E-state index contributed by atoms with van der Waals surface area (Å²) in [5, 5.41) is 8.77. The van der Waals surface area contributed by atoms with E-state index >= 15 is 0 Å². The summed E-state index contributed by atoms with van der Waals surface area (Å²) in [5.41, 5.74) is 0.525. The van der Waals surface area contributed by atoms with Crippen LogP contribution in [0.4, 0.5) is 4.79 Å². The van der Waals surface area contributed by atoms with Crippen LogP contribution in [0.3, 0.4) is 0 Å². The van der Waals surface area contributed by atoms with Gasteiger partial charge < -0.3 is 18.6 Å². The minimum absolute atomic E-state index is 0.229. The number of imidazole rings is 1. The molecule has 1 N–H and O–H groups in total. The van der Waals surface area contributed by atoms with Gasteiger partial charge in [0.25, 0.3) is 5.89 Å². The highest BCUT2D eigenvalue weighted by atomic mass is 32.3. The van der Waals surface area contributed by atoms with Crippen molar-refractivity contribution in [2.45, 2.75) is 38.1 Å². The third-order valence-corrected chi connectivity index (χ3v) is 5.36. The highest BCUT2D eigenvalue weighted by molar-refractivity contribution is 7.80. The first-order valence-corrected chi connectivity index (χ1v) is 10.00. The number of carbonyl (C=O) groups is 1. The summed E-state index contributed by atoms with van der Waals surface area (Å²) < 4.78 is 48.3. The van der Waals surface area contributed by atoms with E-state index in [0.717, 1.165) is 5.82 Å². The summed E-state index contributed by atoms with van der Waals surface area (Å²) in [5.74, 6) is 1.24. The van der Waals surface area contributed by atoms with Crippen molar-refractivity contribution in [3.63, 3.8) is 0 Å². The van der Waals surface area contributed by atoms with Gasteiger partial charge in [0.15, 0.2) is 0 Å². The number of fused-ring (bicyclic) bond motifs is 3. The summed E-state index contributed by atoms with van der Waals surface area (Å²) in [6.45, 7) is 1.95. The zero-order chi connectivity index (χ0) is 19.5. The molecular weight excluding hydrogens is 396 g/mol. The van der Waals surface area contributed by atoms with Crippen LogP contribution >= 0.6 is 0 Å². The predicted molar refractivity (Wildman–Crippen MR) is 87.5 cm³/mol. The molecule has 0 unspecified atom stereocenters. The molecule has 2 aromatic heterocycles. The Hall–Kier alpha value is -2.55. The minimum atomic E-state index is -4.79. The average molecular weight is 412 g/mol. The Morgan fingerprint density at radius 2 is 2.14 bits per heavy atom. The number of carbonyl (C=O) groups excluding carboxylic acids is 1. The van der Waals surface area contributed by atoms with Gasteiger partial charge in [-0.2, -0.15) is 13.5 Å². The molecule has 150 valence electrons. The van der Waals surface area contributed by atoms with Gasteiger partial charge >= 0.3 is 16.4 Å². The maximum absolute atomic E-state index is 12.5. The summed E-state index contributed by atoms with van der Waals surface area (Å²) in [6, 6.07) is -1.67. The lowest BCUT2D eigenvalue weighted by molar-refractivity contribution is -0.0317. The Labute approximate surface area is 158 Å². The average Bonchev–Trinajstić information content (AvgIpc) is 3.35. The van der Waals surface area contributed by atoms with Gasteiger partial charge in [0.05, 0.1) is 12.6 Å². The lowest BCUT2D eigenvalue weighted by Gasteiger charge is -2.27. The molecule has 14 heteroatoms. The molecule has 3 aliphatic rings. The van der Waals surface area contributed by atoms with E-state index in [-0.39, 0.29) is 18.3 Å². The van der Waals surface area contributed by atoms with Crippen LogP contribution in [-0.4, -0.2) is 67.9 Å². The molecule has 28 heavy (non-hydrogen) atoms. The second-order valence-corrected chi connectivity index (χ2v) is 7.75. The van der Waals surface area contributed by atoms with Gasteiger partial charge in [0.1, 0.15) is 24.2 Å². The number of rotatable bonds is 4. The number of aromatic nitrogens is 4. The van der Waals surface area contributed by atoms with Crippen molar-refractivity contribution in [1.29, 1.82) is 0 Å². The fourth-order valence-corrected chi connectivity index (χ4v) is 4.14. The van der Waals surface area contributed by atoms with E-state index in [2.05, 4.69) is 19.5 Å². The van der Waals surface area contributed by atoms with E-state index in [0.29, 0.717) is 43.4 Å². The standard InChI is InChI=1S/C14H16N6O7S/c21-14-19-5-8(20(14)27-28(22,23)24)1-2-10(19)13-17-16-12(26-13)9-6-18-3-4-25-7-11(18)15-9/h6,8,10H,1-5,7H2,(H,22,23,24)/t8-,10-/m1/s1. The normalized spacial score (nSPS) is 24.7. The Morgan fingerprint density at radius 1 is 1.29 bits per heavy atom. The molecule has 13 nitrogen and oxygen atoms in total. The minimum Gasteiger partial charge on any atom is -0.417 e. The van der Waals surface area contributed by atoms with Crippen molar-refractivity contribution in [1.82, 2.24) is 29.7 Å². The molecule has 0 radical (unpaired) electrons. The van der Waals surface area contributed by atoms with Gasteiger partial charge in [-0.15, -0.1) is 14.5 Å². The number of urea groups is 1. The molecule has 2 bridgehead atoms. The first kappa shape index (κ1) is 17.5. The van der Waals surface area contributed by atoms with E-state index in [9.17, 15) is 13.2 Å². The smallest absolute Gasteiger partial charge is 0.417 e. The fraction of sp³-hybridized carbons (Fsp3) is 0.571. The van der Waals surface area contributed by atoms with Crippen LogP contribution in [0.1, 0.15) is 30.6 Å². The van der Waals surface area contributed by atoms with Crippen LogP contribution in [0.15, 0.2) is 10.6 Å². The Morgan fingerprint density at radius 3 is 2.93 bits per heavy atom. The van der Waals surface area contributed by atoms with Gasteiger partial charge in [-0.25, -0.2) is 9.78 Å². The largest absolute Gasteiger partial charge is 0.418 e. The number of hydrogen-bond acceptors (Lipinski definition) is 9. The lowest BCUT2D eigenvalue weighted by atomic mass is 10.0. The molecule has 0 aromatic carbocycles. The van der Waals surface area contributed by atoms with Crippen molar-refractivity contribution in [3.05, 3.63) is 17.9 Å². The highest BCUT2D eigenvalue weighted by Gasteiger charge is 2.49. The van der Waals surface area contributed by atoms with Crippen LogP contribution in [0.25, 0.3) is 11.6 Å². The number of hydrogen-bond donors (Lipinski definition) is 1. The Kier molecular flexibility index (Phi) is 3.90. The predicted octanol–water partition coefficient (Wildman–Crippen LogP) is 0.139.